The molecule has 0 atom stereocenters. The Labute approximate surface area is 113 Å². The smallest absolute Gasteiger partial charge is 0.232 e. The van der Waals surface area contributed by atoms with E-state index in [1.807, 2.05) is 66.5 Å². The summed E-state index contributed by atoms with van der Waals surface area (Å²) >= 11 is 0. The Bertz CT molecular complexity index is 595. The van der Waals surface area contributed by atoms with Crippen molar-refractivity contribution in [1.29, 1.82) is 0 Å². The van der Waals surface area contributed by atoms with E-state index in [1.165, 1.54) is 0 Å². The number of amides is 1. The molecule has 3 nitrogen and oxygen atoms in total. The van der Waals surface area contributed by atoms with Gasteiger partial charge in [-0.15, -0.1) is 0 Å². The number of para-hydroxylation sites is 2. The van der Waals surface area contributed by atoms with Crippen molar-refractivity contribution in [2.75, 3.05) is 23.5 Å². The average Bonchev–Trinajstić information content (AvgIpc) is 2.76. The normalized spacial score (nSPS) is 13.5. The van der Waals surface area contributed by atoms with Crippen LogP contribution < -0.4 is 9.80 Å². The summed E-state index contributed by atoms with van der Waals surface area (Å²) in [7, 11) is 2.00. The summed E-state index contributed by atoms with van der Waals surface area (Å²) in [5, 5.41) is 0. The van der Waals surface area contributed by atoms with Crippen molar-refractivity contribution in [1.82, 2.24) is 0 Å². The second kappa shape index (κ2) is 4.76. The van der Waals surface area contributed by atoms with Crippen LogP contribution in [-0.2, 0) is 11.2 Å². The third kappa shape index (κ3) is 2.19. The van der Waals surface area contributed by atoms with Crippen LogP contribution in [0.15, 0.2) is 54.6 Å². The third-order valence-corrected chi connectivity index (χ3v) is 3.48. The first-order valence-electron chi connectivity index (χ1n) is 6.40. The van der Waals surface area contributed by atoms with Gasteiger partial charge in [-0.3, -0.25) is 9.69 Å². The largest absolute Gasteiger partial charge is 0.356 e. The molecule has 0 spiro atoms. The van der Waals surface area contributed by atoms with Crippen LogP contribution in [0.5, 0.6) is 0 Å². The summed E-state index contributed by atoms with van der Waals surface area (Å²) in [4.78, 5) is 16.0. The van der Waals surface area contributed by atoms with Crippen LogP contribution in [-0.4, -0.2) is 19.6 Å². The molecule has 19 heavy (non-hydrogen) atoms. The quantitative estimate of drug-likeness (QED) is 0.838. The summed E-state index contributed by atoms with van der Waals surface area (Å²) < 4.78 is 0. The summed E-state index contributed by atoms with van der Waals surface area (Å²) in [5.41, 5.74) is 3.27. The van der Waals surface area contributed by atoms with Crippen molar-refractivity contribution in [2.45, 2.75) is 6.42 Å². The Balaban J connectivity index is 1.82. The Morgan fingerprint density at radius 3 is 2.53 bits per heavy atom. The van der Waals surface area contributed by atoms with E-state index < -0.39 is 0 Å². The maximum absolute atomic E-state index is 12.1. The molecule has 96 valence electrons. The number of benzene rings is 2. The van der Waals surface area contributed by atoms with Gasteiger partial charge >= 0.3 is 0 Å². The molecule has 0 radical (unpaired) electrons. The highest BCUT2D eigenvalue weighted by Gasteiger charge is 2.27. The minimum absolute atomic E-state index is 0.170. The number of nitrogens with zero attached hydrogens (tertiary/aromatic N) is 2. The van der Waals surface area contributed by atoms with E-state index in [0.29, 0.717) is 13.1 Å². The molecule has 1 amide bonds. The first-order chi connectivity index (χ1) is 9.25. The van der Waals surface area contributed by atoms with Gasteiger partial charge in [0.15, 0.2) is 0 Å². The molecule has 0 fully saturated rings. The molecule has 1 heterocycles. The first kappa shape index (κ1) is 11.8. The van der Waals surface area contributed by atoms with E-state index in [0.717, 1.165) is 16.9 Å². The summed E-state index contributed by atoms with van der Waals surface area (Å²) in [6.45, 7) is 0.583. The molecule has 1 aliphatic rings. The fourth-order valence-corrected chi connectivity index (χ4v) is 2.45. The average molecular weight is 252 g/mol. The van der Waals surface area contributed by atoms with E-state index in [4.69, 9.17) is 0 Å². The lowest BCUT2D eigenvalue weighted by Crippen LogP contribution is -2.37. The van der Waals surface area contributed by atoms with Crippen LogP contribution in [0.25, 0.3) is 0 Å². The molecule has 2 aromatic rings. The highest BCUT2D eigenvalue weighted by atomic mass is 16.2. The molecule has 0 bridgehead atoms. The number of fused-ring (bicyclic) bond motifs is 1. The van der Waals surface area contributed by atoms with Gasteiger partial charge in [-0.05, 0) is 23.8 Å². The maximum Gasteiger partial charge on any atom is 0.232 e. The van der Waals surface area contributed by atoms with Crippen molar-refractivity contribution < 1.29 is 4.79 Å². The Morgan fingerprint density at radius 1 is 1.05 bits per heavy atom. The van der Waals surface area contributed by atoms with Crippen LogP contribution in [0.1, 0.15) is 5.56 Å². The summed E-state index contributed by atoms with van der Waals surface area (Å²) in [5.74, 6) is 0.170. The van der Waals surface area contributed by atoms with Gasteiger partial charge in [0.2, 0.25) is 5.91 Å². The van der Waals surface area contributed by atoms with Gasteiger partial charge in [0.05, 0.1) is 13.1 Å². The molecule has 3 heteroatoms. The number of carbonyl (C=O) groups is 1. The minimum Gasteiger partial charge on any atom is -0.356 e. The van der Waals surface area contributed by atoms with Crippen molar-refractivity contribution in [3.63, 3.8) is 0 Å². The summed E-state index contributed by atoms with van der Waals surface area (Å²) in [6, 6.07) is 18.1. The number of rotatable bonds is 3. The molecule has 0 unspecified atom stereocenters. The lowest BCUT2D eigenvalue weighted by atomic mass is 10.2. The van der Waals surface area contributed by atoms with Crippen LogP contribution in [0.3, 0.4) is 0 Å². The van der Waals surface area contributed by atoms with Crippen LogP contribution in [0.4, 0.5) is 11.4 Å². The second-order valence-corrected chi connectivity index (χ2v) is 4.80. The molecular weight excluding hydrogens is 236 g/mol. The molecule has 2 aromatic carbocycles. The van der Waals surface area contributed by atoms with Gasteiger partial charge in [0.1, 0.15) is 0 Å². The van der Waals surface area contributed by atoms with Crippen molar-refractivity contribution >= 4 is 17.3 Å². The van der Waals surface area contributed by atoms with E-state index in [9.17, 15) is 4.79 Å². The molecule has 0 saturated carbocycles. The number of anilines is 2. The molecule has 3 rings (SSSR count). The highest BCUT2D eigenvalue weighted by Crippen LogP contribution is 2.28. The van der Waals surface area contributed by atoms with Gasteiger partial charge in [0, 0.05) is 18.4 Å². The van der Waals surface area contributed by atoms with E-state index >= 15 is 0 Å². The third-order valence-electron chi connectivity index (χ3n) is 3.48. The zero-order valence-corrected chi connectivity index (χ0v) is 10.9. The van der Waals surface area contributed by atoms with Gasteiger partial charge in [-0.2, -0.15) is 0 Å². The van der Waals surface area contributed by atoms with E-state index in [-0.39, 0.29) is 5.91 Å². The summed E-state index contributed by atoms with van der Waals surface area (Å²) in [6.07, 6.45) is 0.513. The maximum atomic E-state index is 12.1. The fourth-order valence-electron chi connectivity index (χ4n) is 2.45. The zero-order valence-electron chi connectivity index (χ0n) is 10.9. The predicted molar refractivity (Wildman–Crippen MR) is 77.3 cm³/mol. The van der Waals surface area contributed by atoms with E-state index in [2.05, 4.69) is 4.90 Å². The van der Waals surface area contributed by atoms with Gasteiger partial charge in [0.25, 0.3) is 0 Å². The molecule has 1 aliphatic heterocycles. The highest BCUT2D eigenvalue weighted by molar-refractivity contribution is 6.01. The van der Waals surface area contributed by atoms with Crippen LogP contribution in [0.2, 0.25) is 0 Å². The van der Waals surface area contributed by atoms with Gasteiger partial charge in [-0.25, -0.2) is 0 Å². The lowest BCUT2D eigenvalue weighted by Gasteiger charge is -2.26. The van der Waals surface area contributed by atoms with E-state index in [1.54, 1.807) is 0 Å². The number of hydrogen-bond acceptors (Lipinski definition) is 2. The molecule has 0 N–H and O–H groups in total. The molecule has 0 saturated heterocycles. The Morgan fingerprint density at radius 2 is 1.74 bits per heavy atom. The number of hydrogen-bond donors (Lipinski definition) is 0. The van der Waals surface area contributed by atoms with Crippen LogP contribution in [0, 0.1) is 0 Å². The van der Waals surface area contributed by atoms with Crippen molar-refractivity contribution in [3.05, 3.63) is 60.2 Å². The topological polar surface area (TPSA) is 23.6 Å². The van der Waals surface area contributed by atoms with Crippen molar-refractivity contribution in [3.8, 4) is 0 Å². The predicted octanol–water partition coefficient (Wildman–Crippen LogP) is 2.67. The SMILES string of the molecule is CN(CN1C(=O)Cc2ccccc21)c1ccccc1. The Kier molecular flexibility index (Phi) is 2.95. The minimum atomic E-state index is 0.170. The molecular formula is C16H16N2O. The second-order valence-electron chi connectivity index (χ2n) is 4.80. The standard InChI is InChI=1S/C16H16N2O/c1-17(14-8-3-2-4-9-14)12-18-15-10-6-5-7-13(15)11-16(18)19/h2-10H,11-12H2,1H3. The number of carbonyl (C=O) groups excluding carboxylic acids is 1. The van der Waals surface area contributed by atoms with Gasteiger partial charge in [-0.1, -0.05) is 36.4 Å². The monoisotopic (exact) mass is 252 g/mol. The fraction of sp³-hybridized carbons (Fsp3) is 0.188. The van der Waals surface area contributed by atoms with Gasteiger partial charge < -0.3 is 4.90 Å². The van der Waals surface area contributed by atoms with Crippen molar-refractivity contribution in [2.24, 2.45) is 0 Å². The lowest BCUT2D eigenvalue weighted by molar-refractivity contribution is -0.117. The Hall–Kier alpha value is -2.29. The first-order valence-corrected chi connectivity index (χ1v) is 6.40. The molecule has 0 aliphatic carbocycles. The van der Waals surface area contributed by atoms with Crippen LogP contribution >= 0.6 is 0 Å². The molecule has 0 aromatic heterocycles. The zero-order chi connectivity index (χ0) is 13.2.